The molecule has 0 atom stereocenters. The summed E-state index contributed by atoms with van der Waals surface area (Å²) in [5.74, 6) is 6.12. The third kappa shape index (κ3) is 3.11. The molecule has 6 heteroatoms. The predicted molar refractivity (Wildman–Crippen MR) is 89.2 cm³/mol. The van der Waals surface area contributed by atoms with E-state index in [9.17, 15) is 0 Å². The maximum absolute atomic E-state index is 6.20. The first-order valence-corrected chi connectivity index (χ1v) is 7.62. The summed E-state index contributed by atoms with van der Waals surface area (Å²) in [6, 6.07) is 11.5. The van der Waals surface area contributed by atoms with Gasteiger partial charge in [0.25, 0.3) is 0 Å². The Morgan fingerprint density at radius 2 is 1.81 bits per heavy atom. The van der Waals surface area contributed by atoms with Gasteiger partial charge in [0.15, 0.2) is 0 Å². The van der Waals surface area contributed by atoms with Crippen molar-refractivity contribution < 1.29 is 0 Å². The third-order valence-corrected chi connectivity index (χ3v) is 3.92. The predicted octanol–water partition coefficient (Wildman–Crippen LogP) is 4.46. The molecule has 21 heavy (non-hydrogen) atoms. The molecule has 0 aliphatic carbocycles. The Labute approximate surface area is 136 Å². The highest BCUT2D eigenvalue weighted by atomic mass is 35.5. The molecule has 3 nitrogen and oxygen atoms in total. The molecular formula is C15H9Cl2N3S. The minimum absolute atomic E-state index is 0.461. The van der Waals surface area contributed by atoms with Crippen LogP contribution in [-0.2, 0) is 0 Å². The van der Waals surface area contributed by atoms with Gasteiger partial charge < -0.3 is 5.32 Å². The summed E-state index contributed by atoms with van der Waals surface area (Å²) >= 11 is 13.4. The van der Waals surface area contributed by atoms with E-state index >= 15 is 0 Å². The van der Waals surface area contributed by atoms with Crippen molar-refractivity contribution in [2.45, 2.75) is 0 Å². The van der Waals surface area contributed by atoms with Crippen LogP contribution < -0.4 is 5.32 Å². The summed E-state index contributed by atoms with van der Waals surface area (Å²) in [5.41, 5.74) is 3.03. The molecule has 3 aromatic rings. The molecular weight excluding hydrogens is 325 g/mol. The molecule has 1 N–H and O–H groups in total. The summed E-state index contributed by atoms with van der Waals surface area (Å²) in [4.78, 5) is 0. The lowest BCUT2D eigenvalue weighted by atomic mass is 10.2. The van der Waals surface area contributed by atoms with E-state index in [0.717, 1.165) is 17.3 Å². The van der Waals surface area contributed by atoms with Crippen LogP contribution >= 0.6 is 34.9 Å². The number of rotatable bonds is 2. The van der Waals surface area contributed by atoms with Gasteiger partial charge in [0.1, 0.15) is 11.0 Å². The van der Waals surface area contributed by atoms with Gasteiger partial charge in [-0.1, -0.05) is 53.2 Å². The van der Waals surface area contributed by atoms with Crippen LogP contribution in [0.2, 0.25) is 10.0 Å². The van der Waals surface area contributed by atoms with Crippen molar-refractivity contribution in [1.82, 2.24) is 8.75 Å². The first-order valence-electron chi connectivity index (χ1n) is 6.14. The second-order valence-electron chi connectivity index (χ2n) is 4.20. The Morgan fingerprint density at radius 1 is 1.05 bits per heavy atom. The van der Waals surface area contributed by atoms with Gasteiger partial charge in [-0.15, -0.1) is 0 Å². The van der Waals surface area contributed by atoms with Crippen molar-refractivity contribution in [1.29, 1.82) is 0 Å². The standard InChI is InChI=1S/C15H9Cl2N3S/c16-11-9-12(17)14-15(20-21-19-14)13(11)18-8-4-7-10-5-2-1-3-6-10/h1-3,5-6,9,18H,8H2. The number of hydrogen-bond acceptors (Lipinski definition) is 4. The number of nitrogens with zero attached hydrogens (tertiary/aromatic N) is 2. The minimum atomic E-state index is 0.461. The van der Waals surface area contributed by atoms with E-state index in [1.165, 1.54) is 0 Å². The van der Waals surface area contributed by atoms with Crippen LogP contribution in [0.1, 0.15) is 5.56 Å². The van der Waals surface area contributed by atoms with Gasteiger partial charge in [-0.3, -0.25) is 0 Å². The molecule has 0 aliphatic rings. The van der Waals surface area contributed by atoms with Crippen molar-refractivity contribution in [2.75, 3.05) is 11.9 Å². The van der Waals surface area contributed by atoms with Gasteiger partial charge >= 0.3 is 0 Å². The number of aromatic nitrogens is 2. The summed E-state index contributed by atoms with van der Waals surface area (Å²) in [7, 11) is 0. The van der Waals surface area contributed by atoms with Gasteiger partial charge in [-0.05, 0) is 18.2 Å². The highest BCUT2D eigenvalue weighted by molar-refractivity contribution is 7.00. The van der Waals surface area contributed by atoms with E-state index in [-0.39, 0.29) is 0 Å². The lowest BCUT2D eigenvalue weighted by Crippen LogP contribution is -2.00. The first kappa shape index (κ1) is 14.2. The van der Waals surface area contributed by atoms with Gasteiger partial charge in [0.2, 0.25) is 0 Å². The molecule has 0 unspecified atom stereocenters. The Kier molecular flexibility index (Phi) is 4.26. The average molecular weight is 334 g/mol. The second-order valence-corrected chi connectivity index (χ2v) is 5.54. The van der Waals surface area contributed by atoms with E-state index < -0.39 is 0 Å². The van der Waals surface area contributed by atoms with E-state index in [4.69, 9.17) is 23.2 Å². The number of nitrogens with one attached hydrogen (secondary N) is 1. The molecule has 0 saturated heterocycles. The highest BCUT2D eigenvalue weighted by Crippen LogP contribution is 2.34. The van der Waals surface area contributed by atoms with Crippen molar-refractivity contribution in [3.8, 4) is 11.8 Å². The number of benzene rings is 2. The Hall–Kier alpha value is -1.80. The smallest absolute Gasteiger partial charge is 0.130 e. The van der Waals surface area contributed by atoms with Crippen LogP contribution in [0.15, 0.2) is 36.4 Å². The largest absolute Gasteiger partial charge is 0.371 e. The van der Waals surface area contributed by atoms with Crippen LogP contribution in [0.25, 0.3) is 11.0 Å². The Bertz CT molecular complexity index is 834. The maximum atomic E-state index is 6.20. The van der Waals surface area contributed by atoms with Crippen molar-refractivity contribution in [2.24, 2.45) is 0 Å². The molecule has 1 aromatic heterocycles. The minimum Gasteiger partial charge on any atom is -0.371 e. The molecule has 0 aliphatic heterocycles. The Balaban J connectivity index is 1.80. The topological polar surface area (TPSA) is 37.8 Å². The lowest BCUT2D eigenvalue weighted by Gasteiger charge is -2.06. The fourth-order valence-electron chi connectivity index (χ4n) is 1.84. The molecule has 0 amide bonds. The molecule has 0 radical (unpaired) electrons. The zero-order chi connectivity index (χ0) is 14.7. The van der Waals surface area contributed by atoms with Crippen molar-refractivity contribution in [3.63, 3.8) is 0 Å². The van der Waals surface area contributed by atoms with Crippen LogP contribution in [0.4, 0.5) is 5.69 Å². The average Bonchev–Trinajstić information content (AvgIpc) is 2.97. The zero-order valence-electron chi connectivity index (χ0n) is 10.7. The van der Waals surface area contributed by atoms with E-state index in [2.05, 4.69) is 25.9 Å². The van der Waals surface area contributed by atoms with Gasteiger partial charge in [-0.25, -0.2) is 0 Å². The molecule has 0 bridgehead atoms. The zero-order valence-corrected chi connectivity index (χ0v) is 13.1. The van der Waals surface area contributed by atoms with Crippen molar-refractivity contribution >= 4 is 51.7 Å². The highest BCUT2D eigenvalue weighted by Gasteiger charge is 2.13. The van der Waals surface area contributed by atoms with Gasteiger partial charge in [-0.2, -0.15) is 8.75 Å². The quantitative estimate of drug-likeness (QED) is 0.703. The molecule has 0 fully saturated rings. The summed E-state index contributed by atoms with van der Waals surface area (Å²) in [5, 5.41) is 4.20. The van der Waals surface area contributed by atoms with Gasteiger partial charge in [0.05, 0.1) is 34.0 Å². The summed E-state index contributed by atoms with van der Waals surface area (Å²) in [6.07, 6.45) is 0. The monoisotopic (exact) mass is 333 g/mol. The van der Waals surface area contributed by atoms with Crippen molar-refractivity contribution in [3.05, 3.63) is 52.0 Å². The Morgan fingerprint density at radius 3 is 2.62 bits per heavy atom. The van der Waals surface area contributed by atoms with E-state index in [0.29, 0.717) is 33.3 Å². The number of anilines is 1. The SMILES string of the molecule is Clc1cc(Cl)c2nsnc2c1NCC#Cc1ccccc1. The second kappa shape index (κ2) is 6.31. The lowest BCUT2D eigenvalue weighted by molar-refractivity contribution is 1.38. The van der Waals surface area contributed by atoms with E-state index in [1.54, 1.807) is 6.07 Å². The summed E-state index contributed by atoms with van der Waals surface area (Å²) < 4.78 is 8.39. The number of hydrogen-bond donors (Lipinski definition) is 1. The van der Waals surface area contributed by atoms with Crippen LogP contribution in [0.5, 0.6) is 0 Å². The molecule has 1 heterocycles. The molecule has 0 saturated carbocycles. The molecule has 3 rings (SSSR count). The fourth-order valence-corrected chi connectivity index (χ4v) is 3.02. The fraction of sp³-hybridized carbons (Fsp3) is 0.0667. The third-order valence-electron chi connectivity index (χ3n) is 2.80. The normalized spacial score (nSPS) is 10.2. The van der Waals surface area contributed by atoms with Crippen LogP contribution in [0.3, 0.4) is 0 Å². The number of fused-ring (bicyclic) bond motifs is 1. The van der Waals surface area contributed by atoms with Gasteiger partial charge in [0, 0.05) is 5.56 Å². The summed E-state index contributed by atoms with van der Waals surface area (Å²) in [6.45, 7) is 0.461. The molecule has 104 valence electrons. The van der Waals surface area contributed by atoms with E-state index in [1.807, 2.05) is 30.3 Å². The number of halogens is 2. The molecule has 0 spiro atoms. The maximum Gasteiger partial charge on any atom is 0.130 e. The van der Waals surface area contributed by atoms with Crippen LogP contribution in [-0.4, -0.2) is 15.3 Å². The molecule has 2 aromatic carbocycles. The van der Waals surface area contributed by atoms with Crippen LogP contribution in [0, 0.1) is 11.8 Å². The first-order chi connectivity index (χ1) is 10.3.